The molecule has 0 aliphatic heterocycles. The summed E-state index contributed by atoms with van der Waals surface area (Å²) in [7, 11) is -2.69. The summed E-state index contributed by atoms with van der Waals surface area (Å²) in [5.41, 5.74) is 0.390. The van der Waals surface area contributed by atoms with Crippen LogP contribution < -0.4 is 5.32 Å². The summed E-state index contributed by atoms with van der Waals surface area (Å²) in [6, 6.07) is 2.34. The Morgan fingerprint density at radius 1 is 1.30 bits per heavy atom. The summed E-state index contributed by atoms with van der Waals surface area (Å²) in [6.07, 6.45) is 0. The maximum atomic E-state index is 13.8. The van der Waals surface area contributed by atoms with E-state index in [9.17, 15) is 17.2 Å². The summed E-state index contributed by atoms with van der Waals surface area (Å²) in [5, 5.41) is 3.03. The lowest BCUT2D eigenvalue weighted by atomic mass is 10.2. The van der Waals surface area contributed by atoms with Crippen LogP contribution in [0.15, 0.2) is 17.0 Å². The van der Waals surface area contributed by atoms with Crippen LogP contribution in [0.25, 0.3) is 0 Å². The Hall–Kier alpha value is -1.05. The molecular weight excluding hydrogens is 286 g/mol. The number of nitrogens with zero attached hydrogens (tertiary/aromatic N) is 1. The first-order valence-corrected chi connectivity index (χ1v) is 7.81. The molecule has 20 heavy (non-hydrogen) atoms. The Kier molecular flexibility index (Phi) is 5.61. The Morgan fingerprint density at radius 2 is 1.90 bits per heavy atom. The van der Waals surface area contributed by atoms with E-state index in [0.717, 1.165) is 10.4 Å². The van der Waals surface area contributed by atoms with Crippen LogP contribution in [-0.4, -0.2) is 32.4 Å². The number of benzene rings is 1. The van der Waals surface area contributed by atoms with Gasteiger partial charge in [0, 0.05) is 26.2 Å². The molecule has 0 saturated heterocycles. The van der Waals surface area contributed by atoms with E-state index < -0.39 is 26.6 Å². The normalized spacial score (nSPS) is 12.4. The van der Waals surface area contributed by atoms with Crippen molar-refractivity contribution in [3.8, 4) is 0 Å². The van der Waals surface area contributed by atoms with Crippen molar-refractivity contribution in [2.75, 3.05) is 13.6 Å². The van der Waals surface area contributed by atoms with E-state index >= 15 is 0 Å². The first-order valence-electron chi connectivity index (χ1n) is 6.37. The molecule has 1 rings (SSSR count). The minimum absolute atomic E-state index is 0.154. The average Bonchev–Trinajstić information content (AvgIpc) is 2.38. The second-order valence-electron chi connectivity index (χ2n) is 4.84. The molecular formula is C13H20F2N2O2S. The highest BCUT2D eigenvalue weighted by Gasteiger charge is 2.26. The van der Waals surface area contributed by atoms with Crippen LogP contribution in [0.2, 0.25) is 0 Å². The van der Waals surface area contributed by atoms with Gasteiger partial charge in [-0.05, 0) is 17.7 Å². The molecule has 0 aliphatic rings. The zero-order valence-electron chi connectivity index (χ0n) is 12.1. The fourth-order valence-electron chi connectivity index (χ4n) is 1.57. The maximum absolute atomic E-state index is 13.8. The molecule has 0 fully saturated rings. The first kappa shape index (κ1) is 17.0. The number of sulfonamides is 1. The quantitative estimate of drug-likeness (QED) is 0.875. The zero-order chi connectivity index (χ0) is 15.5. The number of rotatable bonds is 6. The van der Waals surface area contributed by atoms with Crippen molar-refractivity contribution in [2.45, 2.75) is 38.3 Å². The smallest absolute Gasteiger partial charge is 0.245 e. The largest absolute Gasteiger partial charge is 0.310 e. The lowest BCUT2D eigenvalue weighted by molar-refractivity contribution is 0.456. The third-order valence-electron chi connectivity index (χ3n) is 2.90. The monoisotopic (exact) mass is 306 g/mol. The molecule has 1 N–H and O–H groups in total. The fraction of sp³-hybridized carbons (Fsp3) is 0.538. The lowest BCUT2D eigenvalue weighted by Gasteiger charge is -2.17. The van der Waals surface area contributed by atoms with Crippen LogP contribution in [0, 0.1) is 11.6 Å². The van der Waals surface area contributed by atoms with Crippen LogP contribution in [0.3, 0.4) is 0 Å². The van der Waals surface area contributed by atoms with E-state index in [1.807, 2.05) is 13.8 Å². The lowest BCUT2D eigenvalue weighted by Crippen LogP contribution is -2.28. The van der Waals surface area contributed by atoms with E-state index in [-0.39, 0.29) is 19.1 Å². The topological polar surface area (TPSA) is 49.4 Å². The SMILES string of the molecule is CCN(C)S(=O)(=O)c1cc(CNC(C)C)cc(F)c1F. The molecule has 0 unspecified atom stereocenters. The second kappa shape index (κ2) is 6.60. The van der Waals surface area contributed by atoms with E-state index in [2.05, 4.69) is 5.32 Å². The minimum atomic E-state index is -4.01. The van der Waals surface area contributed by atoms with Gasteiger partial charge < -0.3 is 5.32 Å². The van der Waals surface area contributed by atoms with Crippen LogP contribution in [-0.2, 0) is 16.6 Å². The molecule has 0 radical (unpaired) electrons. The van der Waals surface area contributed by atoms with Gasteiger partial charge >= 0.3 is 0 Å². The predicted molar refractivity (Wildman–Crippen MR) is 73.8 cm³/mol. The molecule has 0 saturated carbocycles. The molecule has 4 nitrogen and oxygen atoms in total. The summed E-state index contributed by atoms with van der Waals surface area (Å²) >= 11 is 0. The highest BCUT2D eigenvalue weighted by Crippen LogP contribution is 2.22. The molecule has 7 heteroatoms. The molecule has 0 amide bonds. The summed E-state index contributed by atoms with van der Waals surface area (Å²) in [6.45, 7) is 5.88. The Morgan fingerprint density at radius 3 is 2.40 bits per heavy atom. The minimum Gasteiger partial charge on any atom is -0.310 e. The number of hydrogen-bond donors (Lipinski definition) is 1. The van der Waals surface area contributed by atoms with Crippen molar-refractivity contribution in [3.63, 3.8) is 0 Å². The summed E-state index contributed by atoms with van der Waals surface area (Å²) in [5.74, 6) is -2.49. The van der Waals surface area contributed by atoms with Gasteiger partial charge in [-0.15, -0.1) is 0 Å². The number of hydrogen-bond acceptors (Lipinski definition) is 3. The van der Waals surface area contributed by atoms with Crippen LogP contribution in [0.5, 0.6) is 0 Å². The average molecular weight is 306 g/mol. The van der Waals surface area contributed by atoms with Gasteiger partial charge in [0.25, 0.3) is 0 Å². The summed E-state index contributed by atoms with van der Waals surface area (Å²) in [4.78, 5) is -0.623. The Balaban J connectivity index is 3.26. The summed E-state index contributed by atoms with van der Waals surface area (Å²) < 4.78 is 52.6. The molecule has 0 aliphatic carbocycles. The van der Waals surface area contributed by atoms with Crippen molar-refractivity contribution in [3.05, 3.63) is 29.3 Å². The van der Waals surface area contributed by atoms with Gasteiger partial charge in [0.1, 0.15) is 4.90 Å². The van der Waals surface area contributed by atoms with Crippen molar-refractivity contribution >= 4 is 10.0 Å². The van der Waals surface area contributed by atoms with Crippen molar-refractivity contribution < 1.29 is 17.2 Å². The highest BCUT2D eigenvalue weighted by atomic mass is 32.2. The Labute approximate surface area is 118 Å². The number of nitrogens with one attached hydrogen (secondary N) is 1. The van der Waals surface area contributed by atoms with Crippen LogP contribution in [0.4, 0.5) is 8.78 Å². The van der Waals surface area contributed by atoms with Gasteiger partial charge in [-0.2, -0.15) is 0 Å². The molecule has 1 aromatic rings. The third kappa shape index (κ3) is 3.74. The Bertz CT molecular complexity index is 574. The molecule has 114 valence electrons. The van der Waals surface area contributed by atoms with Crippen LogP contribution in [0.1, 0.15) is 26.3 Å². The molecule has 0 aromatic heterocycles. The molecule has 1 aromatic carbocycles. The van der Waals surface area contributed by atoms with Crippen molar-refractivity contribution in [2.24, 2.45) is 0 Å². The van der Waals surface area contributed by atoms with Crippen LogP contribution >= 0.6 is 0 Å². The van der Waals surface area contributed by atoms with E-state index in [4.69, 9.17) is 0 Å². The third-order valence-corrected chi connectivity index (χ3v) is 4.83. The van der Waals surface area contributed by atoms with E-state index in [1.54, 1.807) is 6.92 Å². The van der Waals surface area contributed by atoms with Crippen molar-refractivity contribution in [1.82, 2.24) is 9.62 Å². The van der Waals surface area contributed by atoms with Gasteiger partial charge in [-0.3, -0.25) is 0 Å². The van der Waals surface area contributed by atoms with Crippen molar-refractivity contribution in [1.29, 1.82) is 0 Å². The van der Waals surface area contributed by atoms with Gasteiger partial charge in [0.15, 0.2) is 11.6 Å². The fourth-order valence-corrected chi connectivity index (χ4v) is 2.87. The zero-order valence-corrected chi connectivity index (χ0v) is 12.9. The standard InChI is InChI=1S/C13H20F2N2O2S/c1-5-17(4)20(18,19)12-7-10(8-16-9(2)3)6-11(14)13(12)15/h6-7,9,16H,5,8H2,1-4H3. The van der Waals surface area contributed by atoms with Gasteiger partial charge in [0.05, 0.1) is 0 Å². The van der Waals surface area contributed by atoms with Gasteiger partial charge in [0.2, 0.25) is 10.0 Å². The molecule has 0 bridgehead atoms. The molecule has 0 heterocycles. The van der Waals surface area contributed by atoms with Gasteiger partial charge in [-0.1, -0.05) is 20.8 Å². The maximum Gasteiger partial charge on any atom is 0.245 e. The van der Waals surface area contributed by atoms with E-state index in [0.29, 0.717) is 5.56 Å². The number of halogens is 2. The molecule has 0 spiro atoms. The second-order valence-corrected chi connectivity index (χ2v) is 6.86. The van der Waals surface area contributed by atoms with E-state index in [1.165, 1.54) is 13.1 Å². The van der Waals surface area contributed by atoms with Gasteiger partial charge in [-0.25, -0.2) is 21.5 Å². The molecule has 0 atom stereocenters. The first-order chi connectivity index (χ1) is 9.20. The predicted octanol–water partition coefficient (Wildman–Crippen LogP) is 2.10. The highest BCUT2D eigenvalue weighted by molar-refractivity contribution is 7.89.